The molecular formula is C14H17NO2. The van der Waals surface area contributed by atoms with Crippen molar-refractivity contribution in [3.63, 3.8) is 0 Å². The molecule has 0 fully saturated rings. The van der Waals surface area contributed by atoms with Crippen molar-refractivity contribution in [2.24, 2.45) is 0 Å². The highest BCUT2D eigenvalue weighted by molar-refractivity contribution is 5.97. The summed E-state index contributed by atoms with van der Waals surface area (Å²) < 4.78 is 0. The molecule has 3 nitrogen and oxygen atoms in total. The monoisotopic (exact) mass is 231 g/mol. The number of nitrogens with one attached hydrogen (secondary N) is 1. The molecule has 1 aliphatic rings. The van der Waals surface area contributed by atoms with Crippen molar-refractivity contribution < 1.29 is 9.90 Å². The molecule has 0 saturated carbocycles. The normalized spacial score (nSPS) is 24.0. The quantitative estimate of drug-likeness (QED) is 0.768. The van der Waals surface area contributed by atoms with Crippen molar-refractivity contribution in [3.05, 3.63) is 42.0 Å². The number of anilines is 1. The second kappa shape index (κ2) is 4.72. The van der Waals surface area contributed by atoms with Crippen LogP contribution < -0.4 is 5.32 Å². The minimum Gasteiger partial charge on any atom is -0.380 e. The fraction of sp³-hybridized carbons (Fsp3) is 0.357. The van der Waals surface area contributed by atoms with Gasteiger partial charge in [-0.2, -0.15) is 0 Å². The van der Waals surface area contributed by atoms with Crippen LogP contribution in [-0.4, -0.2) is 16.6 Å². The fourth-order valence-electron chi connectivity index (χ4n) is 1.93. The maximum absolute atomic E-state index is 12.0. The number of allylic oxidation sites excluding steroid dienone is 1. The summed E-state index contributed by atoms with van der Waals surface area (Å²) in [5, 5.41) is 13.0. The van der Waals surface area contributed by atoms with Gasteiger partial charge in [-0.15, -0.1) is 0 Å². The lowest BCUT2D eigenvalue weighted by Crippen LogP contribution is -2.43. The van der Waals surface area contributed by atoms with Crippen molar-refractivity contribution in [2.75, 3.05) is 5.32 Å². The van der Waals surface area contributed by atoms with Crippen LogP contribution in [0.1, 0.15) is 26.2 Å². The van der Waals surface area contributed by atoms with Gasteiger partial charge in [-0.3, -0.25) is 4.79 Å². The molecule has 90 valence electrons. The summed E-state index contributed by atoms with van der Waals surface area (Å²) in [5.41, 5.74) is 0.703. The second-order valence-electron chi connectivity index (χ2n) is 4.61. The fourth-order valence-corrected chi connectivity index (χ4v) is 1.93. The van der Waals surface area contributed by atoms with Gasteiger partial charge in [-0.25, -0.2) is 0 Å². The first-order valence-electron chi connectivity index (χ1n) is 5.85. The summed E-state index contributed by atoms with van der Waals surface area (Å²) >= 11 is 0. The molecule has 1 aromatic rings. The van der Waals surface area contributed by atoms with E-state index in [0.717, 1.165) is 12.1 Å². The van der Waals surface area contributed by atoms with Crippen LogP contribution in [0.4, 0.5) is 5.69 Å². The minimum absolute atomic E-state index is 0.313. The first-order valence-corrected chi connectivity index (χ1v) is 5.85. The number of carbonyl (C=O) groups excluding carboxylic acids is 1. The van der Waals surface area contributed by atoms with Crippen molar-refractivity contribution in [2.45, 2.75) is 31.8 Å². The van der Waals surface area contributed by atoms with E-state index >= 15 is 0 Å². The molecule has 3 heteroatoms. The van der Waals surface area contributed by atoms with E-state index in [0.29, 0.717) is 12.8 Å². The highest BCUT2D eigenvalue weighted by atomic mass is 16.3. The first kappa shape index (κ1) is 11.9. The van der Waals surface area contributed by atoms with Gasteiger partial charge in [0.25, 0.3) is 5.91 Å². The summed E-state index contributed by atoms with van der Waals surface area (Å²) in [7, 11) is 0. The van der Waals surface area contributed by atoms with Gasteiger partial charge in [-0.05, 0) is 31.9 Å². The molecule has 0 spiro atoms. The maximum atomic E-state index is 12.0. The van der Waals surface area contributed by atoms with E-state index < -0.39 is 5.60 Å². The van der Waals surface area contributed by atoms with Crippen LogP contribution in [0.15, 0.2) is 42.0 Å². The second-order valence-corrected chi connectivity index (χ2v) is 4.61. The van der Waals surface area contributed by atoms with Crippen molar-refractivity contribution in [1.29, 1.82) is 0 Å². The van der Waals surface area contributed by atoms with Gasteiger partial charge >= 0.3 is 0 Å². The molecule has 0 radical (unpaired) electrons. The van der Waals surface area contributed by atoms with Gasteiger partial charge in [0.15, 0.2) is 0 Å². The lowest BCUT2D eigenvalue weighted by molar-refractivity contribution is -0.134. The van der Waals surface area contributed by atoms with E-state index in [1.165, 1.54) is 5.57 Å². The van der Waals surface area contributed by atoms with E-state index in [1.54, 1.807) is 0 Å². The van der Waals surface area contributed by atoms with Crippen LogP contribution in [0.25, 0.3) is 0 Å². The zero-order valence-corrected chi connectivity index (χ0v) is 9.94. The molecule has 0 aliphatic heterocycles. The molecule has 1 unspecified atom stereocenters. The molecule has 2 rings (SSSR count). The molecule has 1 atom stereocenters. The molecule has 1 aromatic carbocycles. The Kier molecular flexibility index (Phi) is 3.29. The third kappa shape index (κ3) is 2.74. The molecule has 1 aliphatic carbocycles. The maximum Gasteiger partial charge on any atom is 0.256 e. The van der Waals surface area contributed by atoms with Gasteiger partial charge < -0.3 is 10.4 Å². The smallest absolute Gasteiger partial charge is 0.256 e. The van der Waals surface area contributed by atoms with Crippen LogP contribution in [0.3, 0.4) is 0 Å². The minimum atomic E-state index is -1.25. The lowest BCUT2D eigenvalue weighted by atomic mass is 9.85. The number of rotatable bonds is 2. The third-order valence-corrected chi connectivity index (χ3v) is 3.18. The van der Waals surface area contributed by atoms with E-state index in [-0.39, 0.29) is 5.91 Å². The Balaban J connectivity index is 2.06. The molecule has 0 aromatic heterocycles. The van der Waals surface area contributed by atoms with Crippen molar-refractivity contribution in [3.8, 4) is 0 Å². The molecule has 17 heavy (non-hydrogen) atoms. The Bertz CT molecular complexity index is 439. The largest absolute Gasteiger partial charge is 0.380 e. The number of hydrogen-bond acceptors (Lipinski definition) is 2. The Morgan fingerprint density at radius 2 is 2.06 bits per heavy atom. The average Bonchev–Trinajstić information content (AvgIpc) is 2.34. The predicted molar refractivity (Wildman–Crippen MR) is 67.6 cm³/mol. The predicted octanol–water partition coefficient (Wildman–Crippen LogP) is 2.49. The Morgan fingerprint density at radius 1 is 1.35 bits per heavy atom. The zero-order chi connectivity index (χ0) is 12.3. The molecular weight excluding hydrogens is 214 g/mol. The van der Waals surface area contributed by atoms with Crippen LogP contribution >= 0.6 is 0 Å². The van der Waals surface area contributed by atoms with Gasteiger partial charge in [0.2, 0.25) is 0 Å². The number of aliphatic hydroxyl groups is 1. The Morgan fingerprint density at radius 3 is 2.65 bits per heavy atom. The lowest BCUT2D eigenvalue weighted by Gasteiger charge is -2.29. The molecule has 2 N–H and O–H groups in total. The summed E-state index contributed by atoms with van der Waals surface area (Å²) in [5.74, 6) is -0.313. The highest BCUT2D eigenvalue weighted by Gasteiger charge is 2.36. The number of amides is 1. The topological polar surface area (TPSA) is 49.3 Å². The van der Waals surface area contributed by atoms with Gasteiger partial charge in [0.1, 0.15) is 5.60 Å². The summed E-state index contributed by atoms with van der Waals surface area (Å²) in [6.07, 6.45) is 3.61. The standard InChI is InChI=1S/C14H17NO2/c1-11-7-9-14(17,10-8-11)13(16)15-12-5-3-2-4-6-12/h2-7,17H,8-10H2,1H3,(H,15,16). The van der Waals surface area contributed by atoms with Gasteiger partial charge in [0, 0.05) is 12.1 Å². The number of benzene rings is 1. The number of carbonyl (C=O) groups is 1. The van der Waals surface area contributed by atoms with E-state index in [2.05, 4.69) is 5.32 Å². The van der Waals surface area contributed by atoms with Gasteiger partial charge in [-0.1, -0.05) is 29.8 Å². The van der Waals surface area contributed by atoms with Crippen LogP contribution in [0.5, 0.6) is 0 Å². The SMILES string of the molecule is CC1=CCC(O)(C(=O)Nc2ccccc2)CC1. The zero-order valence-electron chi connectivity index (χ0n) is 9.94. The third-order valence-electron chi connectivity index (χ3n) is 3.18. The van der Waals surface area contributed by atoms with Crippen LogP contribution in [-0.2, 0) is 4.79 Å². The summed E-state index contributed by atoms with van der Waals surface area (Å²) in [6.45, 7) is 2.02. The molecule has 1 amide bonds. The molecule has 0 heterocycles. The van der Waals surface area contributed by atoms with Gasteiger partial charge in [0.05, 0.1) is 0 Å². The summed E-state index contributed by atoms with van der Waals surface area (Å²) in [6, 6.07) is 9.21. The van der Waals surface area contributed by atoms with Crippen LogP contribution in [0, 0.1) is 0 Å². The van der Waals surface area contributed by atoms with E-state index in [1.807, 2.05) is 43.3 Å². The highest BCUT2D eigenvalue weighted by Crippen LogP contribution is 2.28. The van der Waals surface area contributed by atoms with Crippen molar-refractivity contribution >= 4 is 11.6 Å². The molecule has 0 bridgehead atoms. The van der Waals surface area contributed by atoms with Crippen LogP contribution in [0.2, 0.25) is 0 Å². The Labute approximate surface area is 101 Å². The van der Waals surface area contributed by atoms with E-state index in [4.69, 9.17) is 0 Å². The average molecular weight is 231 g/mol. The summed E-state index contributed by atoms with van der Waals surface area (Å²) in [4.78, 5) is 12.0. The van der Waals surface area contributed by atoms with E-state index in [9.17, 15) is 9.90 Å². The number of para-hydroxylation sites is 1. The molecule has 0 saturated heterocycles. The van der Waals surface area contributed by atoms with Crippen molar-refractivity contribution in [1.82, 2.24) is 0 Å². The Hall–Kier alpha value is -1.61. The first-order chi connectivity index (χ1) is 8.10. The number of hydrogen-bond donors (Lipinski definition) is 2.